The Morgan fingerprint density at radius 3 is 2.84 bits per heavy atom. The Hall–Kier alpha value is -2.01. The van der Waals surface area contributed by atoms with Gasteiger partial charge in [-0.15, -0.1) is 11.3 Å². The summed E-state index contributed by atoms with van der Waals surface area (Å²) in [4.78, 5) is 6.97. The second kappa shape index (κ2) is 4.59. The maximum Gasteiger partial charge on any atom is 0.201 e. The van der Waals surface area contributed by atoms with E-state index in [0.717, 1.165) is 23.3 Å². The normalized spacial score (nSPS) is 11.1. The van der Waals surface area contributed by atoms with Crippen LogP contribution < -0.4 is 10.5 Å². The molecular formula is C14H15N3OS. The Bertz CT molecular complexity index is 729. The third-order valence-electron chi connectivity index (χ3n) is 3.09. The van der Waals surface area contributed by atoms with Crippen LogP contribution in [0.4, 0.5) is 5.95 Å². The van der Waals surface area contributed by atoms with Crippen LogP contribution in [-0.4, -0.2) is 16.7 Å². The fraction of sp³-hybridized carbons (Fsp3) is 0.214. The topological polar surface area (TPSA) is 53.1 Å². The second-order valence-corrected chi connectivity index (χ2v) is 5.80. The number of aryl methyl sites for hydroxylation is 1. The van der Waals surface area contributed by atoms with E-state index >= 15 is 0 Å². The molecule has 0 unspecified atom stereocenters. The molecule has 0 amide bonds. The molecule has 4 nitrogen and oxygen atoms in total. The van der Waals surface area contributed by atoms with E-state index in [4.69, 9.17) is 10.5 Å². The number of ether oxygens (including phenoxy) is 1. The van der Waals surface area contributed by atoms with Crippen molar-refractivity contribution in [2.75, 3.05) is 12.8 Å². The second-order valence-electron chi connectivity index (χ2n) is 4.42. The lowest BCUT2D eigenvalue weighted by atomic mass is 10.3. The summed E-state index contributed by atoms with van der Waals surface area (Å²) in [6.45, 7) is 2.86. The molecule has 98 valence electrons. The standard InChI is InChI=1S/C14H15N3OS/c1-9-3-5-11(19-9)8-17-13-6-4-10(18-2)7-12(13)16-14(17)15/h3-7H,8H2,1-2H3,(H2,15,16). The third-order valence-corrected chi connectivity index (χ3v) is 4.08. The van der Waals surface area contributed by atoms with E-state index in [2.05, 4.69) is 24.0 Å². The minimum Gasteiger partial charge on any atom is -0.497 e. The first kappa shape index (κ1) is 12.0. The highest BCUT2D eigenvalue weighted by molar-refractivity contribution is 7.11. The van der Waals surface area contributed by atoms with Crippen LogP contribution in [0.3, 0.4) is 0 Å². The number of nitrogens with zero attached hydrogens (tertiary/aromatic N) is 2. The molecular weight excluding hydrogens is 258 g/mol. The number of rotatable bonds is 3. The molecule has 0 aliphatic rings. The van der Waals surface area contributed by atoms with Gasteiger partial charge in [0, 0.05) is 15.8 Å². The molecule has 0 atom stereocenters. The van der Waals surface area contributed by atoms with Crippen LogP contribution in [0.25, 0.3) is 11.0 Å². The Kier molecular flexibility index (Phi) is 2.91. The van der Waals surface area contributed by atoms with Crippen LogP contribution in [0.1, 0.15) is 9.75 Å². The van der Waals surface area contributed by atoms with Crippen LogP contribution in [-0.2, 0) is 6.54 Å². The van der Waals surface area contributed by atoms with Crippen LogP contribution in [0.2, 0.25) is 0 Å². The summed E-state index contributed by atoms with van der Waals surface area (Å²) in [5.74, 6) is 1.33. The molecule has 0 bridgehead atoms. The predicted molar refractivity (Wildman–Crippen MR) is 78.9 cm³/mol. The predicted octanol–water partition coefficient (Wildman–Crippen LogP) is 3.05. The molecule has 2 heterocycles. The van der Waals surface area contributed by atoms with Gasteiger partial charge >= 0.3 is 0 Å². The lowest BCUT2D eigenvalue weighted by Gasteiger charge is -2.05. The number of methoxy groups -OCH3 is 1. The Balaban J connectivity index is 2.05. The Morgan fingerprint density at radius 2 is 2.16 bits per heavy atom. The van der Waals surface area contributed by atoms with Crippen LogP contribution in [0.5, 0.6) is 5.75 Å². The molecule has 5 heteroatoms. The van der Waals surface area contributed by atoms with Gasteiger partial charge in [-0.2, -0.15) is 0 Å². The van der Waals surface area contributed by atoms with Gasteiger partial charge in [0.2, 0.25) is 5.95 Å². The summed E-state index contributed by atoms with van der Waals surface area (Å²) in [5, 5.41) is 0. The fourth-order valence-corrected chi connectivity index (χ4v) is 3.03. The number of nitrogens with two attached hydrogens (primary N) is 1. The average Bonchev–Trinajstić information content (AvgIpc) is 2.94. The first-order chi connectivity index (χ1) is 9.17. The highest BCUT2D eigenvalue weighted by Crippen LogP contribution is 2.25. The number of hydrogen-bond donors (Lipinski definition) is 1. The highest BCUT2D eigenvalue weighted by atomic mass is 32.1. The number of thiophene rings is 1. The van der Waals surface area contributed by atoms with Crippen LogP contribution >= 0.6 is 11.3 Å². The van der Waals surface area contributed by atoms with Crippen molar-refractivity contribution in [3.05, 3.63) is 40.1 Å². The first-order valence-corrected chi connectivity index (χ1v) is 6.84. The van der Waals surface area contributed by atoms with Gasteiger partial charge in [-0.1, -0.05) is 0 Å². The summed E-state index contributed by atoms with van der Waals surface area (Å²) in [5.41, 5.74) is 7.91. The molecule has 1 aromatic carbocycles. The molecule has 2 aromatic heterocycles. The maximum absolute atomic E-state index is 6.02. The minimum absolute atomic E-state index is 0.536. The Labute approximate surface area is 115 Å². The number of nitrogen functional groups attached to an aromatic ring is 1. The zero-order valence-corrected chi connectivity index (χ0v) is 11.7. The van der Waals surface area contributed by atoms with Gasteiger partial charge < -0.3 is 15.0 Å². The summed E-state index contributed by atoms with van der Waals surface area (Å²) < 4.78 is 7.23. The monoisotopic (exact) mass is 273 g/mol. The summed E-state index contributed by atoms with van der Waals surface area (Å²) in [6, 6.07) is 10.1. The van der Waals surface area contributed by atoms with Gasteiger partial charge in [0.15, 0.2) is 0 Å². The van der Waals surface area contributed by atoms with E-state index in [9.17, 15) is 0 Å². The number of fused-ring (bicyclic) bond motifs is 1. The van der Waals surface area contributed by atoms with E-state index in [1.165, 1.54) is 9.75 Å². The number of imidazole rings is 1. The van der Waals surface area contributed by atoms with Crippen molar-refractivity contribution in [1.29, 1.82) is 0 Å². The Morgan fingerprint density at radius 1 is 1.32 bits per heavy atom. The van der Waals surface area contributed by atoms with Crippen molar-refractivity contribution in [2.45, 2.75) is 13.5 Å². The fourth-order valence-electron chi connectivity index (χ4n) is 2.15. The van der Waals surface area contributed by atoms with Crippen molar-refractivity contribution in [3.63, 3.8) is 0 Å². The van der Waals surface area contributed by atoms with E-state index in [1.807, 2.05) is 22.8 Å². The molecule has 0 aliphatic carbocycles. The van der Waals surface area contributed by atoms with Crippen LogP contribution in [0.15, 0.2) is 30.3 Å². The van der Waals surface area contributed by atoms with Crippen molar-refractivity contribution in [2.24, 2.45) is 0 Å². The van der Waals surface area contributed by atoms with Crippen molar-refractivity contribution < 1.29 is 4.74 Å². The van der Waals surface area contributed by atoms with E-state index in [1.54, 1.807) is 18.4 Å². The summed E-state index contributed by atoms with van der Waals surface area (Å²) in [6.07, 6.45) is 0. The molecule has 0 radical (unpaired) electrons. The summed E-state index contributed by atoms with van der Waals surface area (Å²) >= 11 is 1.78. The third kappa shape index (κ3) is 2.17. The molecule has 2 N–H and O–H groups in total. The largest absolute Gasteiger partial charge is 0.497 e. The van der Waals surface area contributed by atoms with E-state index in [0.29, 0.717) is 5.95 Å². The van der Waals surface area contributed by atoms with Gasteiger partial charge in [0.25, 0.3) is 0 Å². The van der Waals surface area contributed by atoms with Gasteiger partial charge in [0.1, 0.15) is 5.75 Å². The van der Waals surface area contributed by atoms with Crippen molar-refractivity contribution >= 4 is 28.3 Å². The van der Waals surface area contributed by atoms with Crippen LogP contribution in [0, 0.1) is 6.92 Å². The van der Waals surface area contributed by atoms with Gasteiger partial charge in [-0.3, -0.25) is 0 Å². The number of benzene rings is 1. The lowest BCUT2D eigenvalue weighted by molar-refractivity contribution is 0.415. The zero-order chi connectivity index (χ0) is 13.4. The molecule has 3 aromatic rings. The van der Waals surface area contributed by atoms with Gasteiger partial charge in [-0.25, -0.2) is 4.98 Å². The van der Waals surface area contributed by atoms with Crippen molar-refractivity contribution in [1.82, 2.24) is 9.55 Å². The zero-order valence-electron chi connectivity index (χ0n) is 10.9. The van der Waals surface area contributed by atoms with E-state index in [-0.39, 0.29) is 0 Å². The average molecular weight is 273 g/mol. The molecule has 0 spiro atoms. The van der Waals surface area contributed by atoms with Crippen molar-refractivity contribution in [3.8, 4) is 5.75 Å². The van der Waals surface area contributed by atoms with E-state index < -0.39 is 0 Å². The number of hydrogen-bond acceptors (Lipinski definition) is 4. The maximum atomic E-state index is 6.02. The molecule has 0 saturated heterocycles. The quantitative estimate of drug-likeness (QED) is 0.798. The number of anilines is 1. The smallest absolute Gasteiger partial charge is 0.201 e. The lowest BCUT2D eigenvalue weighted by Crippen LogP contribution is -2.03. The molecule has 0 aliphatic heterocycles. The molecule has 0 saturated carbocycles. The van der Waals surface area contributed by atoms with Gasteiger partial charge in [0.05, 0.1) is 24.7 Å². The number of aromatic nitrogens is 2. The first-order valence-electron chi connectivity index (χ1n) is 6.02. The SMILES string of the molecule is COc1ccc2c(c1)nc(N)n2Cc1ccc(C)s1. The summed E-state index contributed by atoms with van der Waals surface area (Å²) in [7, 11) is 1.65. The molecule has 3 rings (SSSR count). The molecule has 19 heavy (non-hydrogen) atoms. The highest BCUT2D eigenvalue weighted by Gasteiger charge is 2.10. The minimum atomic E-state index is 0.536. The molecule has 0 fully saturated rings. The van der Waals surface area contributed by atoms with Gasteiger partial charge in [-0.05, 0) is 31.2 Å².